The minimum atomic E-state index is -0.687. The van der Waals surface area contributed by atoms with Crippen molar-refractivity contribution in [3.8, 4) is 0 Å². The standard InChI is InChI=1S/C15H15NO5/c1-19-14(18)11-10-4-5-15(21-10)8-16(13(17)12(11)15)7-9-3-2-6-20-9/h2-6,10-12H,7-8H2,1H3/t10-,11?,12-,15?/m1/s1. The Kier molecular flexibility index (Phi) is 2.53. The highest BCUT2D eigenvalue weighted by Gasteiger charge is 2.67. The van der Waals surface area contributed by atoms with Crippen LogP contribution >= 0.6 is 0 Å². The quantitative estimate of drug-likeness (QED) is 0.606. The SMILES string of the molecule is COC(=O)C1[C@H]2C=CC3(CN(Cc4ccco4)C(=O)[C@@H]13)O2. The highest BCUT2D eigenvalue weighted by atomic mass is 16.5. The topological polar surface area (TPSA) is 69.0 Å². The van der Waals surface area contributed by atoms with Gasteiger partial charge in [0.25, 0.3) is 0 Å². The number of fused-ring (bicyclic) bond motifs is 1. The minimum Gasteiger partial charge on any atom is -0.469 e. The molecule has 2 unspecified atom stereocenters. The van der Waals surface area contributed by atoms with Crippen molar-refractivity contribution in [2.75, 3.05) is 13.7 Å². The Labute approximate surface area is 121 Å². The summed E-state index contributed by atoms with van der Waals surface area (Å²) >= 11 is 0. The summed E-state index contributed by atoms with van der Waals surface area (Å²) in [6, 6.07) is 3.61. The van der Waals surface area contributed by atoms with E-state index < -0.39 is 17.4 Å². The Morgan fingerprint density at radius 1 is 1.57 bits per heavy atom. The minimum absolute atomic E-state index is 0.0753. The third-order valence-corrected chi connectivity index (χ3v) is 4.58. The van der Waals surface area contributed by atoms with E-state index in [1.165, 1.54) is 7.11 Å². The molecule has 0 N–H and O–H groups in total. The van der Waals surface area contributed by atoms with Gasteiger partial charge in [0.2, 0.25) is 5.91 Å². The fraction of sp³-hybridized carbons (Fsp3) is 0.467. The highest BCUT2D eigenvalue weighted by molar-refractivity contribution is 5.91. The molecule has 0 saturated carbocycles. The summed E-state index contributed by atoms with van der Waals surface area (Å²) in [6.07, 6.45) is 5.01. The second-order valence-electron chi connectivity index (χ2n) is 5.70. The first-order valence-electron chi connectivity index (χ1n) is 6.91. The fourth-order valence-electron chi connectivity index (χ4n) is 3.71. The van der Waals surface area contributed by atoms with E-state index in [1.807, 2.05) is 18.2 Å². The molecule has 4 heterocycles. The van der Waals surface area contributed by atoms with Crippen molar-refractivity contribution in [3.63, 3.8) is 0 Å². The molecule has 2 saturated heterocycles. The molecular formula is C15H15NO5. The van der Waals surface area contributed by atoms with Gasteiger partial charge in [-0.05, 0) is 12.1 Å². The summed E-state index contributed by atoms with van der Waals surface area (Å²) in [5.74, 6) is -0.782. The maximum Gasteiger partial charge on any atom is 0.312 e. The number of carbonyl (C=O) groups excluding carboxylic acids is 2. The van der Waals surface area contributed by atoms with Crippen molar-refractivity contribution in [1.29, 1.82) is 0 Å². The molecule has 0 aromatic carbocycles. The van der Waals surface area contributed by atoms with Crippen LogP contribution in [-0.4, -0.2) is 42.1 Å². The van der Waals surface area contributed by atoms with Crippen molar-refractivity contribution < 1.29 is 23.5 Å². The van der Waals surface area contributed by atoms with Gasteiger partial charge >= 0.3 is 5.97 Å². The van der Waals surface area contributed by atoms with Crippen molar-refractivity contribution in [2.45, 2.75) is 18.2 Å². The Hall–Kier alpha value is -2.08. The van der Waals surface area contributed by atoms with Crippen molar-refractivity contribution >= 4 is 11.9 Å². The van der Waals surface area contributed by atoms with Gasteiger partial charge < -0.3 is 18.8 Å². The van der Waals surface area contributed by atoms with Crippen LogP contribution in [0.2, 0.25) is 0 Å². The second-order valence-corrected chi connectivity index (χ2v) is 5.70. The first-order valence-corrected chi connectivity index (χ1v) is 6.91. The Morgan fingerprint density at radius 3 is 3.14 bits per heavy atom. The molecule has 0 radical (unpaired) electrons. The van der Waals surface area contributed by atoms with Crippen LogP contribution in [0.25, 0.3) is 0 Å². The van der Waals surface area contributed by atoms with E-state index in [2.05, 4.69) is 0 Å². The molecule has 6 nitrogen and oxygen atoms in total. The van der Waals surface area contributed by atoms with E-state index in [4.69, 9.17) is 13.9 Å². The second kappa shape index (κ2) is 4.21. The molecule has 6 heteroatoms. The number of nitrogens with zero attached hydrogens (tertiary/aromatic N) is 1. The molecule has 1 amide bonds. The Morgan fingerprint density at radius 2 is 2.43 bits per heavy atom. The monoisotopic (exact) mass is 289 g/mol. The lowest BCUT2D eigenvalue weighted by molar-refractivity contribution is -0.151. The van der Waals surface area contributed by atoms with Crippen molar-refractivity contribution in [1.82, 2.24) is 4.90 Å². The summed E-state index contributed by atoms with van der Waals surface area (Å²) in [5, 5.41) is 0. The van der Waals surface area contributed by atoms with E-state index in [1.54, 1.807) is 17.2 Å². The molecule has 2 fully saturated rings. The Bertz CT molecular complexity index is 622. The molecule has 4 atom stereocenters. The molecule has 1 aromatic heterocycles. The van der Waals surface area contributed by atoms with Crippen LogP contribution in [-0.2, 0) is 25.6 Å². The summed E-state index contributed by atoms with van der Waals surface area (Å²) < 4.78 is 16.1. The molecule has 110 valence electrons. The first kappa shape index (κ1) is 12.6. The van der Waals surface area contributed by atoms with E-state index in [9.17, 15) is 9.59 Å². The van der Waals surface area contributed by atoms with E-state index in [0.717, 1.165) is 0 Å². The van der Waals surface area contributed by atoms with Crippen LogP contribution in [0, 0.1) is 11.8 Å². The number of rotatable bonds is 3. The van der Waals surface area contributed by atoms with Crippen LogP contribution in [0.3, 0.4) is 0 Å². The van der Waals surface area contributed by atoms with Crippen LogP contribution in [0.5, 0.6) is 0 Å². The lowest BCUT2D eigenvalue weighted by atomic mass is 9.77. The molecule has 3 aliphatic heterocycles. The zero-order chi connectivity index (χ0) is 14.6. The zero-order valence-corrected chi connectivity index (χ0v) is 11.5. The summed E-state index contributed by atoms with van der Waals surface area (Å²) in [5.41, 5.74) is -0.687. The van der Waals surface area contributed by atoms with Crippen LogP contribution in [0.4, 0.5) is 0 Å². The van der Waals surface area contributed by atoms with Crippen LogP contribution in [0.15, 0.2) is 35.0 Å². The van der Waals surface area contributed by atoms with E-state index in [0.29, 0.717) is 18.8 Å². The van der Waals surface area contributed by atoms with Gasteiger partial charge in [-0.1, -0.05) is 12.2 Å². The molecule has 1 aromatic rings. The Balaban J connectivity index is 1.64. The molecule has 3 aliphatic rings. The van der Waals surface area contributed by atoms with Crippen molar-refractivity contribution in [2.24, 2.45) is 11.8 Å². The zero-order valence-electron chi connectivity index (χ0n) is 11.5. The van der Waals surface area contributed by atoms with E-state index >= 15 is 0 Å². The summed E-state index contributed by atoms with van der Waals surface area (Å²) in [6.45, 7) is 0.831. The number of hydrogen-bond donors (Lipinski definition) is 0. The molecule has 2 bridgehead atoms. The number of amides is 1. The third-order valence-electron chi connectivity index (χ3n) is 4.58. The fourth-order valence-corrected chi connectivity index (χ4v) is 3.71. The lowest BCUT2D eigenvalue weighted by Gasteiger charge is -2.22. The highest BCUT2D eigenvalue weighted by Crippen LogP contribution is 2.52. The van der Waals surface area contributed by atoms with Gasteiger partial charge in [0.1, 0.15) is 17.3 Å². The van der Waals surface area contributed by atoms with Gasteiger partial charge in [-0.2, -0.15) is 0 Å². The van der Waals surface area contributed by atoms with Gasteiger partial charge in [0.15, 0.2) is 0 Å². The maximum atomic E-state index is 12.7. The maximum absolute atomic E-state index is 12.7. The van der Waals surface area contributed by atoms with Gasteiger partial charge in [0.05, 0.1) is 38.5 Å². The van der Waals surface area contributed by atoms with Gasteiger partial charge in [0, 0.05) is 0 Å². The predicted molar refractivity (Wildman–Crippen MR) is 69.9 cm³/mol. The molecule has 0 aliphatic carbocycles. The average molecular weight is 289 g/mol. The summed E-state index contributed by atoms with van der Waals surface area (Å²) in [4.78, 5) is 26.4. The third kappa shape index (κ3) is 1.62. The average Bonchev–Trinajstić information content (AvgIpc) is 3.22. The summed E-state index contributed by atoms with van der Waals surface area (Å²) in [7, 11) is 1.34. The van der Waals surface area contributed by atoms with E-state index in [-0.39, 0.29) is 18.0 Å². The van der Waals surface area contributed by atoms with Gasteiger partial charge in [-0.15, -0.1) is 0 Å². The lowest BCUT2D eigenvalue weighted by Crippen LogP contribution is -2.39. The molecular weight excluding hydrogens is 274 g/mol. The molecule has 4 rings (SSSR count). The van der Waals surface area contributed by atoms with Crippen molar-refractivity contribution in [3.05, 3.63) is 36.3 Å². The number of furan rings is 1. The van der Waals surface area contributed by atoms with Gasteiger partial charge in [-0.25, -0.2) is 0 Å². The number of esters is 1. The smallest absolute Gasteiger partial charge is 0.312 e. The van der Waals surface area contributed by atoms with Crippen LogP contribution < -0.4 is 0 Å². The van der Waals surface area contributed by atoms with Gasteiger partial charge in [-0.3, -0.25) is 9.59 Å². The number of likely N-dealkylation sites (tertiary alicyclic amines) is 1. The largest absolute Gasteiger partial charge is 0.469 e. The number of methoxy groups -OCH3 is 1. The number of carbonyl (C=O) groups is 2. The normalized spacial score (nSPS) is 36.3. The molecule has 21 heavy (non-hydrogen) atoms. The predicted octanol–water partition coefficient (Wildman–Crippen LogP) is 0.735. The first-order chi connectivity index (χ1) is 10.1. The number of ether oxygens (including phenoxy) is 2. The molecule has 1 spiro atoms. The van der Waals surface area contributed by atoms with Crippen LogP contribution in [0.1, 0.15) is 5.76 Å². The number of hydrogen-bond acceptors (Lipinski definition) is 5.